The summed E-state index contributed by atoms with van der Waals surface area (Å²) in [4.78, 5) is 14.2. The summed E-state index contributed by atoms with van der Waals surface area (Å²) in [5.41, 5.74) is 1.96. The monoisotopic (exact) mass is 537 g/mol. The zero-order valence-corrected chi connectivity index (χ0v) is 22.9. The third kappa shape index (κ3) is 5.06. The summed E-state index contributed by atoms with van der Waals surface area (Å²) in [5, 5.41) is 8.05. The summed E-state index contributed by atoms with van der Waals surface area (Å²) >= 11 is 0. The normalized spacial score (nSPS) is 13.4. The van der Waals surface area contributed by atoms with Crippen LogP contribution in [0.5, 0.6) is 0 Å². The number of ether oxygens (including phenoxy) is 2. The van der Waals surface area contributed by atoms with Gasteiger partial charge in [-0.3, -0.25) is 0 Å². The van der Waals surface area contributed by atoms with Crippen LogP contribution in [0.3, 0.4) is 0 Å². The summed E-state index contributed by atoms with van der Waals surface area (Å²) in [6, 6.07) is 47.7. The number of nitrogens with one attached hydrogen (secondary N) is 1. The second-order valence-corrected chi connectivity index (χ2v) is 10.0. The van der Waals surface area contributed by atoms with Crippen molar-refractivity contribution >= 4 is 33.2 Å². The van der Waals surface area contributed by atoms with Crippen LogP contribution in [-0.2, 0) is 26.5 Å². The van der Waals surface area contributed by atoms with Crippen molar-refractivity contribution in [3.63, 3.8) is 0 Å². The summed E-state index contributed by atoms with van der Waals surface area (Å²) in [5.74, 6) is -0.481. The molecular formula is C37H31NO3. The summed E-state index contributed by atoms with van der Waals surface area (Å²) < 4.78 is 12.6. The lowest BCUT2D eigenvalue weighted by Crippen LogP contribution is -2.48. The number of para-hydroxylation sites is 1. The van der Waals surface area contributed by atoms with Crippen molar-refractivity contribution < 1.29 is 14.3 Å². The van der Waals surface area contributed by atoms with Gasteiger partial charge in [-0.1, -0.05) is 127 Å². The number of hydrogen-bond acceptors (Lipinski definition) is 4. The lowest BCUT2D eigenvalue weighted by Gasteiger charge is -2.40. The molecule has 0 aliphatic carbocycles. The minimum absolute atomic E-state index is 0.186. The lowest BCUT2D eigenvalue weighted by molar-refractivity contribution is -0.177. The molecule has 6 aromatic carbocycles. The molecule has 0 aromatic heterocycles. The zero-order valence-electron chi connectivity index (χ0n) is 22.9. The summed E-state index contributed by atoms with van der Waals surface area (Å²) in [6.45, 7) is 0.186. The van der Waals surface area contributed by atoms with E-state index in [1.54, 1.807) is 0 Å². The van der Waals surface area contributed by atoms with E-state index in [0.29, 0.717) is 5.56 Å². The van der Waals surface area contributed by atoms with E-state index in [1.165, 1.54) is 7.11 Å². The van der Waals surface area contributed by atoms with E-state index in [4.69, 9.17) is 9.47 Å². The molecule has 0 aliphatic heterocycles. The molecule has 0 radical (unpaired) electrons. The zero-order chi connectivity index (χ0) is 28.1. The maximum atomic E-state index is 14.2. The van der Waals surface area contributed by atoms with E-state index in [0.717, 1.165) is 38.4 Å². The van der Waals surface area contributed by atoms with Crippen molar-refractivity contribution in [1.29, 1.82) is 0 Å². The van der Waals surface area contributed by atoms with Gasteiger partial charge < -0.3 is 14.8 Å². The molecule has 0 spiro atoms. The number of fused-ring (bicyclic) bond motifs is 2. The number of carbonyl (C=O) groups excluding carboxylic acids is 1. The third-order valence-electron chi connectivity index (χ3n) is 7.64. The Kier molecular flexibility index (Phi) is 7.48. The van der Waals surface area contributed by atoms with Crippen molar-refractivity contribution in [2.75, 3.05) is 12.4 Å². The lowest BCUT2D eigenvalue weighted by atomic mass is 9.81. The molecule has 0 saturated heterocycles. The minimum atomic E-state index is -1.52. The summed E-state index contributed by atoms with van der Waals surface area (Å²) in [6.07, 6.45) is 0. The molecule has 2 atom stereocenters. The molecule has 4 heteroatoms. The van der Waals surface area contributed by atoms with Gasteiger partial charge in [0.15, 0.2) is 0 Å². The number of rotatable bonds is 9. The Morgan fingerprint density at radius 2 is 1.20 bits per heavy atom. The van der Waals surface area contributed by atoms with E-state index in [-0.39, 0.29) is 6.61 Å². The van der Waals surface area contributed by atoms with E-state index in [2.05, 4.69) is 35.6 Å². The highest BCUT2D eigenvalue weighted by Gasteiger charge is 2.51. The molecule has 4 nitrogen and oxygen atoms in total. The minimum Gasteiger partial charge on any atom is -0.467 e. The standard InChI is InChI=1S/C37H31NO3/c1-40-36(39)37(30-19-7-3-8-20-30,35(27-15-5-2-6-16-27)38-31-21-9-4-10-22-31)41-26-34-32-23-13-11-17-28(32)25-29-18-12-14-24-33(29)34/h2-25,35,38H,26H2,1H3/t35-,37-/m0/s1. The van der Waals surface area contributed by atoms with Crippen molar-refractivity contribution in [3.8, 4) is 0 Å². The fourth-order valence-corrected chi connectivity index (χ4v) is 5.68. The number of carbonyl (C=O) groups is 1. The highest BCUT2D eigenvalue weighted by atomic mass is 16.6. The van der Waals surface area contributed by atoms with Crippen molar-refractivity contribution in [3.05, 3.63) is 162 Å². The fraction of sp³-hybridized carbons (Fsp3) is 0.108. The van der Waals surface area contributed by atoms with Gasteiger partial charge in [-0.2, -0.15) is 0 Å². The SMILES string of the molecule is COC(=O)[C@](OCc1c2ccccc2cc2ccccc12)(c1ccccc1)[C@@H](Nc1ccccc1)c1ccccc1. The molecular weight excluding hydrogens is 506 g/mol. The molecule has 0 fully saturated rings. The van der Waals surface area contributed by atoms with Gasteiger partial charge in [-0.15, -0.1) is 0 Å². The van der Waals surface area contributed by atoms with Gasteiger partial charge in [-0.25, -0.2) is 4.79 Å². The van der Waals surface area contributed by atoms with Gasteiger partial charge in [0, 0.05) is 5.69 Å². The Morgan fingerprint density at radius 1 is 0.683 bits per heavy atom. The first-order valence-corrected chi connectivity index (χ1v) is 13.7. The largest absolute Gasteiger partial charge is 0.467 e. The van der Waals surface area contributed by atoms with Crippen LogP contribution in [0.1, 0.15) is 22.7 Å². The molecule has 1 N–H and O–H groups in total. The average molecular weight is 538 g/mol. The Morgan fingerprint density at radius 3 is 1.78 bits per heavy atom. The van der Waals surface area contributed by atoms with E-state index in [1.807, 2.05) is 115 Å². The Labute approximate surface area is 240 Å². The van der Waals surface area contributed by atoms with Crippen LogP contribution >= 0.6 is 0 Å². The topological polar surface area (TPSA) is 47.6 Å². The number of methoxy groups -OCH3 is 1. The smallest absolute Gasteiger partial charge is 0.345 e. The highest BCUT2D eigenvalue weighted by molar-refractivity contribution is 6.02. The van der Waals surface area contributed by atoms with Crippen molar-refractivity contribution in [2.24, 2.45) is 0 Å². The van der Waals surface area contributed by atoms with Crippen LogP contribution in [0.25, 0.3) is 21.5 Å². The first-order valence-electron chi connectivity index (χ1n) is 13.7. The Hall–Kier alpha value is -4.93. The molecule has 0 aliphatic rings. The van der Waals surface area contributed by atoms with Gasteiger partial charge in [0.05, 0.1) is 19.8 Å². The van der Waals surface area contributed by atoms with Crippen LogP contribution in [-0.4, -0.2) is 13.1 Å². The fourth-order valence-electron chi connectivity index (χ4n) is 5.68. The Bertz CT molecular complexity index is 1720. The van der Waals surface area contributed by atoms with Gasteiger partial charge >= 0.3 is 5.97 Å². The quantitative estimate of drug-likeness (QED) is 0.149. The molecule has 6 rings (SSSR count). The van der Waals surface area contributed by atoms with Crippen LogP contribution in [0.15, 0.2) is 146 Å². The molecule has 6 aromatic rings. The number of benzene rings is 6. The highest BCUT2D eigenvalue weighted by Crippen LogP contribution is 2.44. The maximum Gasteiger partial charge on any atom is 0.345 e. The van der Waals surface area contributed by atoms with Crippen molar-refractivity contribution in [2.45, 2.75) is 18.2 Å². The van der Waals surface area contributed by atoms with Gasteiger partial charge in [-0.05, 0) is 56.4 Å². The van der Waals surface area contributed by atoms with Crippen LogP contribution in [0.4, 0.5) is 5.69 Å². The molecule has 0 unspecified atom stereocenters. The molecule has 41 heavy (non-hydrogen) atoms. The predicted molar refractivity (Wildman–Crippen MR) is 166 cm³/mol. The molecule has 0 saturated carbocycles. The first kappa shape index (κ1) is 26.3. The Balaban J connectivity index is 1.57. The van der Waals surface area contributed by atoms with Crippen LogP contribution < -0.4 is 5.32 Å². The average Bonchev–Trinajstić information content (AvgIpc) is 3.05. The second-order valence-electron chi connectivity index (χ2n) is 10.0. The second kappa shape index (κ2) is 11.7. The van der Waals surface area contributed by atoms with Gasteiger partial charge in [0.1, 0.15) is 0 Å². The molecule has 0 bridgehead atoms. The number of esters is 1. The third-order valence-corrected chi connectivity index (χ3v) is 7.64. The number of anilines is 1. The van der Waals surface area contributed by atoms with E-state index in [9.17, 15) is 4.79 Å². The molecule has 202 valence electrons. The molecule has 0 heterocycles. The number of hydrogen-bond donors (Lipinski definition) is 1. The molecule has 0 amide bonds. The van der Waals surface area contributed by atoms with E-state index < -0.39 is 17.6 Å². The van der Waals surface area contributed by atoms with Crippen LogP contribution in [0.2, 0.25) is 0 Å². The van der Waals surface area contributed by atoms with Crippen molar-refractivity contribution in [1.82, 2.24) is 0 Å². The predicted octanol–water partition coefficient (Wildman–Crippen LogP) is 8.43. The van der Waals surface area contributed by atoms with E-state index >= 15 is 0 Å². The van der Waals surface area contributed by atoms with Gasteiger partial charge in [0.25, 0.3) is 0 Å². The van der Waals surface area contributed by atoms with Gasteiger partial charge in [0.2, 0.25) is 5.60 Å². The maximum absolute atomic E-state index is 14.2. The first-order chi connectivity index (χ1) is 20.2. The van der Waals surface area contributed by atoms with Crippen LogP contribution in [0, 0.1) is 0 Å². The summed E-state index contributed by atoms with van der Waals surface area (Å²) in [7, 11) is 1.42.